The molecule has 0 N–H and O–H groups in total. The fraction of sp³-hybridized carbons (Fsp3) is 0. The van der Waals surface area contributed by atoms with E-state index in [0.717, 1.165) is 0 Å². The Morgan fingerprint density at radius 2 is 1.38 bits per heavy atom. The maximum Gasteiger partial charge on any atom is 0.548 e. The van der Waals surface area contributed by atoms with Gasteiger partial charge >= 0.3 is 16.8 Å². The molecule has 0 amide bonds. The molecule has 0 atom stereocenters. The van der Waals surface area contributed by atoms with Crippen LogP contribution < -0.4 is 0 Å². The largest absolute Gasteiger partial charge is 0.548 e. The van der Waals surface area contributed by atoms with Gasteiger partial charge in [-0.05, 0) is 0 Å². The third kappa shape index (κ3) is 1.83. The Kier molecular flexibility index (Phi) is 1.73. The molecule has 50 valence electrons. The second-order valence-electron chi connectivity index (χ2n) is 0.827. The summed E-state index contributed by atoms with van der Waals surface area (Å²) in [5.41, 5.74) is 0. The van der Waals surface area contributed by atoms with Gasteiger partial charge in [0.1, 0.15) is 0 Å². The van der Waals surface area contributed by atoms with Crippen LogP contribution in [0.3, 0.4) is 0 Å². The molecule has 0 aliphatic heterocycles. The Hall–Kier alpha value is -0.0300. The van der Waals surface area contributed by atoms with Crippen LogP contribution in [-0.2, 0) is 14.4 Å². The van der Waals surface area contributed by atoms with E-state index in [-0.39, 0.29) is 0 Å². The Bertz CT molecular complexity index is 209. The van der Waals surface area contributed by atoms with E-state index in [0.29, 0.717) is 0 Å². The Morgan fingerprint density at radius 1 is 1.25 bits per heavy atom. The van der Waals surface area contributed by atoms with Gasteiger partial charge in [-0.3, -0.25) is 0 Å². The zero-order valence-electron chi connectivity index (χ0n) is 3.21. The molecule has 0 saturated heterocycles. The van der Waals surface area contributed by atoms with Crippen LogP contribution in [0.5, 0.6) is 0 Å². The van der Waals surface area contributed by atoms with Crippen molar-refractivity contribution in [3.05, 3.63) is 0 Å². The molecule has 0 aromatic rings. The highest BCUT2D eigenvalue weighted by molar-refractivity contribution is 8.46. The molecular weight excluding hydrogens is 168 g/mol. The summed E-state index contributed by atoms with van der Waals surface area (Å²) in [5, 5.41) is 0. The topological polar surface area (TPSA) is 51.2 Å². The first-order chi connectivity index (χ1) is 3.25. The van der Waals surface area contributed by atoms with Crippen LogP contribution in [0.4, 0.5) is 12.3 Å². The highest BCUT2D eigenvalue weighted by atomic mass is 32.8. The fourth-order valence-electron chi connectivity index (χ4n) is 0. The van der Waals surface area contributed by atoms with E-state index in [1.165, 1.54) is 0 Å². The molecule has 8 heavy (non-hydrogen) atoms. The molecule has 0 aliphatic rings. The third-order valence-electron chi connectivity index (χ3n) is 0.254. The van der Waals surface area contributed by atoms with Crippen LogP contribution in [0, 0.1) is 0 Å². The lowest BCUT2D eigenvalue weighted by atomic mass is 15.9. The summed E-state index contributed by atoms with van der Waals surface area (Å²) in [6.45, 7) is -6.54. The van der Waals surface area contributed by atoms with E-state index in [2.05, 4.69) is 0 Å². The molecule has 0 bridgehead atoms. The van der Waals surface area contributed by atoms with Gasteiger partial charge in [-0.1, -0.05) is 3.89 Å². The SMILES string of the molecule is O=P(F)(F)S(=O)(=O)F. The van der Waals surface area contributed by atoms with Crippen molar-refractivity contribution < 1.29 is 25.3 Å². The molecule has 0 fully saturated rings. The van der Waals surface area contributed by atoms with Crippen LogP contribution in [0.2, 0.25) is 0 Å². The van der Waals surface area contributed by atoms with Crippen molar-refractivity contribution in [3.63, 3.8) is 0 Å². The van der Waals surface area contributed by atoms with E-state index in [9.17, 15) is 12.3 Å². The molecule has 8 heteroatoms. The van der Waals surface area contributed by atoms with Crippen molar-refractivity contribution >= 4 is 16.8 Å². The van der Waals surface area contributed by atoms with Gasteiger partial charge in [-0.25, -0.2) is 4.57 Å². The van der Waals surface area contributed by atoms with Gasteiger partial charge in [0.25, 0.3) is 0 Å². The van der Waals surface area contributed by atoms with Crippen molar-refractivity contribution in [2.75, 3.05) is 0 Å². The van der Waals surface area contributed by atoms with Crippen LogP contribution in [-0.4, -0.2) is 8.42 Å². The number of hydrogen-bond donors (Lipinski definition) is 0. The molecule has 0 heterocycles. The maximum atomic E-state index is 10.9. The van der Waals surface area contributed by atoms with Gasteiger partial charge in [-0.2, -0.15) is 8.42 Å². The fourth-order valence-corrected chi connectivity index (χ4v) is 0. The summed E-state index contributed by atoms with van der Waals surface area (Å²) in [6.07, 6.45) is 0. The highest BCUT2D eigenvalue weighted by Gasteiger charge is 2.39. The first-order valence-corrected chi connectivity index (χ1v) is 4.67. The molecule has 0 aromatic carbocycles. The van der Waals surface area contributed by atoms with Gasteiger partial charge in [-0.15, -0.1) is 8.39 Å². The van der Waals surface area contributed by atoms with Crippen LogP contribution in [0.1, 0.15) is 0 Å². The zero-order chi connectivity index (χ0) is 7.00. The van der Waals surface area contributed by atoms with Crippen LogP contribution in [0.15, 0.2) is 0 Å². The Morgan fingerprint density at radius 3 is 1.38 bits per heavy atom. The van der Waals surface area contributed by atoms with Crippen LogP contribution >= 0.6 is 6.97 Å². The molecule has 0 rings (SSSR count). The monoisotopic (exact) mass is 168 g/mol. The minimum absolute atomic E-state index is 6.12. The molecule has 0 spiro atoms. The molecule has 0 radical (unpaired) electrons. The van der Waals surface area contributed by atoms with Crippen molar-refractivity contribution in [2.45, 2.75) is 0 Å². The molecule has 0 aliphatic carbocycles. The van der Waals surface area contributed by atoms with E-state index < -0.39 is 16.8 Å². The summed E-state index contributed by atoms with van der Waals surface area (Å²) in [7, 11) is -6.12. The van der Waals surface area contributed by atoms with Gasteiger partial charge in [0, 0.05) is 0 Å². The molecule has 0 aromatic heterocycles. The predicted octanol–water partition coefficient (Wildman–Crippen LogP) is 1.33. The zero-order valence-corrected chi connectivity index (χ0v) is 4.93. The second-order valence-corrected chi connectivity index (χ2v) is 5.06. The lowest BCUT2D eigenvalue weighted by Crippen LogP contribution is -1.81. The maximum absolute atomic E-state index is 10.9. The summed E-state index contributed by atoms with van der Waals surface area (Å²) in [6, 6.07) is 0. The number of halogens is 3. The van der Waals surface area contributed by atoms with Crippen LogP contribution in [0.25, 0.3) is 0 Å². The van der Waals surface area contributed by atoms with Gasteiger partial charge < -0.3 is 0 Å². The highest BCUT2D eigenvalue weighted by Crippen LogP contribution is 2.56. The summed E-state index contributed by atoms with van der Waals surface area (Å²) < 4.78 is 59.4. The first kappa shape index (κ1) is 7.97. The molecule has 0 unspecified atom stereocenters. The standard InChI is InChI=1S/F3O3PS/c1-7(2,4)8(3,5)6. The van der Waals surface area contributed by atoms with Gasteiger partial charge in [0.15, 0.2) is 0 Å². The summed E-state index contributed by atoms with van der Waals surface area (Å²) >= 11 is 0. The lowest BCUT2D eigenvalue weighted by molar-refractivity contribution is 0.494. The third-order valence-corrected chi connectivity index (χ3v) is 2.28. The Labute approximate surface area is 43.1 Å². The van der Waals surface area contributed by atoms with E-state index in [1.54, 1.807) is 0 Å². The van der Waals surface area contributed by atoms with E-state index in [1.807, 2.05) is 0 Å². The average Bonchev–Trinajstić information content (AvgIpc) is 1.25. The number of hydrogen-bond acceptors (Lipinski definition) is 3. The minimum atomic E-state index is -6.54. The van der Waals surface area contributed by atoms with Crippen molar-refractivity contribution in [2.24, 2.45) is 0 Å². The molecular formula is F3O3PS. The van der Waals surface area contributed by atoms with Crippen molar-refractivity contribution in [1.82, 2.24) is 0 Å². The molecule has 3 nitrogen and oxygen atoms in total. The molecule has 0 saturated carbocycles. The second kappa shape index (κ2) is 1.73. The lowest BCUT2D eigenvalue weighted by Gasteiger charge is -1.85. The van der Waals surface area contributed by atoms with E-state index in [4.69, 9.17) is 13.0 Å². The first-order valence-electron chi connectivity index (χ1n) is 1.19. The Balaban J connectivity index is 4.84. The smallest absolute Gasteiger partial charge is 0.229 e. The quantitative estimate of drug-likeness (QED) is 0.438. The summed E-state index contributed by atoms with van der Waals surface area (Å²) in [5.74, 6) is 0. The summed E-state index contributed by atoms with van der Waals surface area (Å²) in [4.78, 5) is 0. The number of rotatable bonds is 1. The van der Waals surface area contributed by atoms with Gasteiger partial charge in [0.05, 0.1) is 0 Å². The minimum Gasteiger partial charge on any atom is -0.229 e. The van der Waals surface area contributed by atoms with Gasteiger partial charge in [0.2, 0.25) is 0 Å². The van der Waals surface area contributed by atoms with Crippen molar-refractivity contribution in [1.29, 1.82) is 0 Å². The predicted molar refractivity (Wildman–Crippen MR) is 19.9 cm³/mol. The normalized spacial score (nSPS) is 13.9. The van der Waals surface area contributed by atoms with E-state index >= 15 is 0 Å². The van der Waals surface area contributed by atoms with Crippen molar-refractivity contribution in [3.8, 4) is 0 Å². The average molecular weight is 168 g/mol.